The molecule has 0 radical (unpaired) electrons. The van der Waals surface area contributed by atoms with E-state index in [0.717, 1.165) is 11.1 Å². The molecule has 1 amide bonds. The molecule has 0 aliphatic rings. The molecule has 6 nitrogen and oxygen atoms in total. The molecule has 0 saturated heterocycles. The van der Waals surface area contributed by atoms with Crippen molar-refractivity contribution in [1.29, 1.82) is 0 Å². The van der Waals surface area contributed by atoms with Crippen LogP contribution in [0.3, 0.4) is 0 Å². The summed E-state index contributed by atoms with van der Waals surface area (Å²) in [5, 5.41) is 15.0. The summed E-state index contributed by atoms with van der Waals surface area (Å²) in [5.41, 5.74) is 3.36. The van der Waals surface area contributed by atoms with Crippen LogP contribution in [0.2, 0.25) is 10.0 Å². The number of carboxylic acid groups (broad SMARTS) is 1. The number of amides is 1. The van der Waals surface area contributed by atoms with Crippen molar-refractivity contribution in [3.05, 3.63) is 87.5 Å². The zero-order chi connectivity index (χ0) is 22.0. The summed E-state index contributed by atoms with van der Waals surface area (Å²) in [6.45, 7) is 0. The van der Waals surface area contributed by atoms with Crippen LogP contribution in [-0.2, 0) is 0 Å². The lowest BCUT2D eigenvalue weighted by atomic mass is 10.0. The second kappa shape index (κ2) is 8.85. The number of benzene rings is 2. The number of carbonyl (C=O) groups is 2. The Labute approximate surface area is 191 Å². The molecule has 31 heavy (non-hydrogen) atoms. The van der Waals surface area contributed by atoms with E-state index in [9.17, 15) is 9.59 Å². The molecule has 4 aromatic rings. The summed E-state index contributed by atoms with van der Waals surface area (Å²) >= 11 is 13.3. The molecule has 9 heteroatoms. The number of hydrogen-bond acceptors (Lipinski definition) is 5. The predicted octanol–water partition coefficient (Wildman–Crippen LogP) is 6.13. The monoisotopic (exact) mass is 469 g/mol. The molecule has 154 valence electrons. The second-order valence-electron chi connectivity index (χ2n) is 6.43. The minimum absolute atomic E-state index is 0.0409. The first-order valence-electron chi connectivity index (χ1n) is 8.93. The van der Waals surface area contributed by atoms with E-state index in [1.165, 1.54) is 23.6 Å². The lowest BCUT2D eigenvalue weighted by Gasteiger charge is -2.05. The lowest BCUT2D eigenvalue weighted by Crippen LogP contribution is -2.11. The van der Waals surface area contributed by atoms with Crippen molar-refractivity contribution in [3.8, 4) is 22.4 Å². The van der Waals surface area contributed by atoms with Crippen molar-refractivity contribution < 1.29 is 14.7 Å². The number of pyridine rings is 1. The average Bonchev–Trinajstić information content (AvgIpc) is 3.24. The molecule has 0 unspecified atom stereocenters. The van der Waals surface area contributed by atoms with Gasteiger partial charge in [-0.3, -0.25) is 10.1 Å². The second-order valence-corrected chi connectivity index (χ2v) is 8.11. The van der Waals surface area contributed by atoms with E-state index in [4.69, 9.17) is 28.3 Å². The van der Waals surface area contributed by atoms with Crippen molar-refractivity contribution in [1.82, 2.24) is 9.97 Å². The molecule has 4 rings (SSSR count). The number of halogens is 2. The summed E-state index contributed by atoms with van der Waals surface area (Å²) in [6.07, 6.45) is 1.44. The van der Waals surface area contributed by atoms with Crippen molar-refractivity contribution in [2.24, 2.45) is 0 Å². The lowest BCUT2D eigenvalue weighted by molar-refractivity contribution is 0.0690. The van der Waals surface area contributed by atoms with Gasteiger partial charge in [0.25, 0.3) is 5.91 Å². The number of nitrogens with one attached hydrogen (secondary N) is 1. The zero-order valence-electron chi connectivity index (χ0n) is 15.7. The molecular weight excluding hydrogens is 457 g/mol. The van der Waals surface area contributed by atoms with Crippen LogP contribution >= 0.6 is 34.5 Å². The van der Waals surface area contributed by atoms with Gasteiger partial charge in [-0.25, -0.2) is 14.8 Å². The van der Waals surface area contributed by atoms with E-state index in [1.807, 2.05) is 11.4 Å². The van der Waals surface area contributed by atoms with E-state index < -0.39 is 5.97 Å². The number of carboxylic acids is 1. The number of nitrogens with zero attached hydrogens (tertiary/aromatic N) is 2. The maximum Gasteiger partial charge on any atom is 0.354 e. The van der Waals surface area contributed by atoms with Gasteiger partial charge in [0.05, 0.1) is 15.7 Å². The highest BCUT2D eigenvalue weighted by Crippen LogP contribution is 2.30. The standard InChI is InChI=1S/C22H13Cl2N3O3S/c23-16-6-5-15(9-17(16)24)19-11-31-22(26-19)27-20(28)13-3-1-12(2-4-13)14-7-8-25-18(10-14)21(29)30/h1-11H,(H,29,30)(H,26,27,28). The highest BCUT2D eigenvalue weighted by molar-refractivity contribution is 7.14. The third-order valence-electron chi connectivity index (χ3n) is 4.40. The van der Waals surface area contributed by atoms with Gasteiger partial charge >= 0.3 is 5.97 Å². The van der Waals surface area contributed by atoms with Gasteiger partial charge in [0.2, 0.25) is 0 Å². The molecular formula is C22H13Cl2N3O3S. The van der Waals surface area contributed by atoms with Crippen molar-refractivity contribution >= 4 is 51.5 Å². The first kappa shape index (κ1) is 21.0. The first-order chi connectivity index (χ1) is 14.9. The normalized spacial score (nSPS) is 10.6. The van der Waals surface area contributed by atoms with E-state index in [2.05, 4.69) is 15.3 Å². The van der Waals surface area contributed by atoms with Crippen LogP contribution in [0, 0.1) is 0 Å². The average molecular weight is 470 g/mol. The van der Waals surface area contributed by atoms with Crippen LogP contribution in [0.1, 0.15) is 20.8 Å². The van der Waals surface area contributed by atoms with Gasteiger partial charge in [0.15, 0.2) is 5.13 Å². The smallest absolute Gasteiger partial charge is 0.354 e. The molecule has 2 heterocycles. The van der Waals surface area contributed by atoms with Gasteiger partial charge in [-0.1, -0.05) is 41.4 Å². The fraction of sp³-hybridized carbons (Fsp3) is 0. The Morgan fingerprint density at radius 1 is 0.903 bits per heavy atom. The van der Waals surface area contributed by atoms with Gasteiger partial charge in [-0.15, -0.1) is 11.3 Å². The van der Waals surface area contributed by atoms with Gasteiger partial charge in [-0.05, 0) is 47.5 Å². The molecule has 0 saturated carbocycles. The molecule has 2 aromatic carbocycles. The largest absolute Gasteiger partial charge is 0.477 e. The van der Waals surface area contributed by atoms with Crippen LogP contribution in [0.25, 0.3) is 22.4 Å². The maximum atomic E-state index is 12.6. The Hall–Kier alpha value is -3.26. The van der Waals surface area contributed by atoms with Crippen molar-refractivity contribution in [2.45, 2.75) is 0 Å². The highest BCUT2D eigenvalue weighted by atomic mass is 35.5. The summed E-state index contributed by atoms with van der Waals surface area (Å²) in [7, 11) is 0. The molecule has 0 bridgehead atoms. The summed E-state index contributed by atoms with van der Waals surface area (Å²) < 4.78 is 0. The SMILES string of the molecule is O=C(Nc1nc(-c2ccc(Cl)c(Cl)c2)cs1)c1ccc(-c2ccnc(C(=O)O)c2)cc1. The quantitative estimate of drug-likeness (QED) is 0.366. The summed E-state index contributed by atoms with van der Waals surface area (Å²) in [5.74, 6) is -1.40. The highest BCUT2D eigenvalue weighted by Gasteiger charge is 2.12. The Balaban J connectivity index is 1.48. The fourth-order valence-corrected chi connectivity index (χ4v) is 3.84. The minimum atomic E-state index is -1.10. The zero-order valence-corrected chi connectivity index (χ0v) is 18.0. The molecule has 2 N–H and O–H groups in total. The summed E-state index contributed by atoms with van der Waals surface area (Å²) in [4.78, 5) is 31.9. The maximum absolute atomic E-state index is 12.6. The fourth-order valence-electron chi connectivity index (χ4n) is 2.83. The van der Waals surface area contributed by atoms with Crippen molar-refractivity contribution in [3.63, 3.8) is 0 Å². The number of rotatable bonds is 5. The van der Waals surface area contributed by atoms with Crippen LogP contribution in [0.15, 0.2) is 66.2 Å². The van der Waals surface area contributed by atoms with Gasteiger partial charge in [-0.2, -0.15) is 0 Å². The van der Waals surface area contributed by atoms with Crippen LogP contribution < -0.4 is 5.32 Å². The molecule has 0 fully saturated rings. The van der Waals surface area contributed by atoms with Crippen LogP contribution in [0.5, 0.6) is 0 Å². The molecule has 0 atom stereocenters. The van der Waals surface area contributed by atoms with E-state index in [0.29, 0.717) is 32.0 Å². The number of anilines is 1. The number of aromatic carboxylic acids is 1. The van der Waals surface area contributed by atoms with E-state index in [1.54, 1.807) is 42.5 Å². The van der Waals surface area contributed by atoms with E-state index >= 15 is 0 Å². The van der Waals surface area contributed by atoms with Gasteiger partial charge < -0.3 is 5.11 Å². The third-order valence-corrected chi connectivity index (χ3v) is 5.90. The number of thiazole rings is 1. The van der Waals surface area contributed by atoms with E-state index in [-0.39, 0.29) is 11.6 Å². The molecule has 2 aromatic heterocycles. The molecule has 0 spiro atoms. The van der Waals surface area contributed by atoms with Gasteiger partial charge in [0, 0.05) is 22.7 Å². The van der Waals surface area contributed by atoms with Crippen LogP contribution in [-0.4, -0.2) is 27.0 Å². The Morgan fingerprint density at radius 3 is 2.35 bits per heavy atom. The Bertz CT molecular complexity index is 1290. The summed E-state index contributed by atoms with van der Waals surface area (Å²) in [6, 6.07) is 15.2. The van der Waals surface area contributed by atoms with Gasteiger partial charge in [0.1, 0.15) is 5.69 Å². The number of carbonyl (C=O) groups excluding carboxylic acids is 1. The Kier molecular flexibility index (Phi) is 5.99. The first-order valence-corrected chi connectivity index (χ1v) is 10.6. The van der Waals surface area contributed by atoms with Crippen molar-refractivity contribution in [2.75, 3.05) is 5.32 Å². The topological polar surface area (TPSA) is 92.2 Å². The predicted molar refractivity (Wildman–Crippen MR) is 122 cm³/mol. The molecule has 0 aliphatic carbocycles. The number of hydrogen-bond donors (Lipinski definition) is 2. The molecule has 0 aliphatic heterocycles. The minimum Gasteiger partial charge on any atom is -0.477 e. The number of aromatic nitrogens is 2. The van der Waals surface area contributed by atoms with Crippen LogP contribution in [0.4, 0.5) is 5.13 Å². The Morgan fingerprint density at radius 2 is 1.65 bits per heavy atom. The third kappa shape index (κ3) is 4.74.